The summed E-state index contributed by atoms with van der Waals surface area (Å²) >= 11 is 0. The first-order valence-electron chi connectivity index (χ1n) is 6.46. The summed E-state index contributed by atoms with van der Waals surface area (Å²) in [5.74, 6) is -0.311. The van der Waals surface area contributed by atoms with Gasteiger partial charge in [-0.05, 0) is 30.5 Å². The molecule has 2 N–H and O–H groups in total. The van der Waals surface area contributed by atoms with Crippen LogP contribution in [0.15, 0.2) is 24.3 Å². The molecule has 3 nitrogen and oxygen atoms in total. The first kappa shape index (κ1) is 12.9. The van der Waals surface area contributed by atoms with Gasteiger partial charge in [-0.25, -0.2) is 18.2 Å². The van der Waals surface area contributed by atoms with Crippen LogP contribution in [0.3, 0.4) is 0 Å². The molecule has 2 aliphatic rings. The summed E-state index contributed by atoms with van der Waals surface area (Å²) < 4.78 is 39.2. The van der Waals surface area contributed by atoms with Gasteiger partial charge in [0, 0.05) is 12.6 Å². The highest BCUT2D eigenvalue weighted by Gasteiger charge is 2.42. The summed E-state index contributed by atoms with van der Waals surface area (Å²) in [6.45, 7) is 0.705. The average molecular weight is 271 g/mol. The van der Waals surface area contributed by atoms with E-state index in [0.29, 0.717) is 13.0 Å². The van der Waals surface area contributed by atoms with Gasteiger partial charge in [-0.3, -0.25) is 10.7 Å². The summed E-state index contributed by atoms with van der Waals surface area (Å²) in [6.07, 6.45) is -1.37. The van der Waals surface area contributed by atoms with Crippen LogP contribution in [0.2, 0.25) is 0 Å². The molecule has 0 radical (unpaired) electrons. The standard InChI is InChI=1S/C13H16F3N3/c14-9-3-1-8(2-4-9)10-7-11(13(15)16)19-12(18-10)5-6-17-19/h1-4,10-13,17-18H,5-7H2. The van der Waals surface area contributed by atoms with Crippen LogP contribution in [-0.4, -0.2) is 30.2 Å². The van der Waals surface area contributed by atoms with Crippen LogP contribution < -0.4 is 10.7 Å². The molecule has 1 aromatic carbocycles. The van der Waals surface area contributed by atoms with Gasteiger partial charge in [-0.15, -0.1) is 0 Å². The third-order valence-corrected chi connectivity index (χ3v) is 3.84. The molecular formula is C13H16F3N3. The van der Waals surface area contributed by atoms with E-state index >= 15 is 0 Å². The predicted molar refractivity (Wildman–Crippen MR) is 64.9 cm³/mol. The van der Waals surface area contributed by atoms with Gasteiger partial charge in [0.25, 0.3) is 6.43 Å². The average Bonchev–Trinajstić information content (AvgIpc) is 2.86. The van der Waals surface area contributed by atoms with Crippen molar-refractivity contribution >= 4 is 0 Å². The van der Waals surface area contributed by atoms with E-state index in [0.717, 1.165) is 12.0 Å². The van der Waals surface area contributed by atoms with Crippen molar-refractivity contribution in [1.82, 2.24) is 15.8 Å². The summed E-state index contributed by atoms with van der Waals surface area (Å²) in [7, 11) is 0. The molecule has 0 aromatic heterocycles. The van der Waals surface area contributed by atoms with Crippen LogP contribution in [0, 0.1) is 5.82 Å². The van der Waals surface area contributed by atoms with Crippen molar-refractivity contribution in [3.8, 4) is 0 Å². The van der Waals surface area contributed by atoms with E-state index in [9.17, 15) is 13.2 Å². The number of benzene rings is 1. The molecule has 3 atom stereocenters. The number of hydrogen-bond acceptors (Lipinski definition) is 3. The van der Waals surface area contributed by atoms with Crippen molar-refractivity contribution in [3.05, 3.63) is 35.6 Å². The zero-order valence-electron chi connectivity index (χ0n) is 10.3. The summed E-state index contributed by atoms with van der Waals surface area (Å²) in [4.78, 5) is 0. The smallest absolute Gasteiger partial charge is 0.255 e. The highest BCUT2D eigenvalue weighted by atomic mass is 19.3. The highest BCUT2D eigenvalue weighted by molar-refractivity contribution is 5.21. The van der Waals surface area contributed by atoms with E-state index in [1.54, 1.807) is 17.1 Å². The van der Waals surface area contributed by atoms with Gasteiger partial charge < -0.3 is 0 Å². The maximum atomic E-state index is 13.1. The quantitative estimate of drug-likeness (QED) is 0.862. The van der Waals surface area contributed by atoms with Gasteiger partial charge in [0.1, 0.15) is 5.82 Å². The van der Waals surface area contributed by atoms with Crippen LogP contribution >= 0.6 is 0 Å². The molecule has 6 heteroatoms. The highest BCUT2D eigenvalue weighted by Crippen LogP contribution is 2.32. The fourth-order valence-electron chi connectivity index (χ4n) is 2.90. The third-order valence-electron chi connectivity index (χ3n) is 3.84. The molecule has 104 valence electrons. The Balaban J connectivity index is 1.81. The van der Waals surface area contributed by atoms with E-state index in [-0.39, 0.29) is 18.0 Å². The molecular weight excluding hydrogens is 255 g/mol. The Morgan fingerprint density at radius 2 is 1.95 bits per heavy atom. The zero-order chi connectivity index (χ0) is 13.4. The molecule has 2 heterocycles. The van der Waals surface area contributed by atoms with Crippen LogP contribution in [0.5, 0.6) is 0 Å². The van der Waals surface area contributed by atoms with E-state index < -0.39 is 12.5 Å². The maximum absolute atomic E-state index is 13.1. The van der Waals surface area contributed by atoms with Crippen molar-refractivity contribution in [2.24, 2.45) is 0 Å². The fourth-order valence-corrected chi connectivity index (χ4v) is 2.90. The molecule has 0 amide bonds. The number of rotatable bonds is 2. The lowest BCUT2D eigenvalue weighted by Crippen LogP contribution is -2.59. The number of nitrogens with one attached hydrogen (secondary N) is 2. The Kier molecular flexibility index (Phi) is 3.47. The second-order valence-corrected chi connectivity index (χ2v) is 5.03. The number of halogens is 3. The fraction of sp³-hybridized carbons (Fsp3) is 0.538. The molecule has 3 rings (SSSR count). The van der Waals surface area contributed by atoms with Crippen LogP contribution in [0.4, 0.5) is 13.2 Å². The van der Waals surface area contributed by atoms with E-state index in [1.807, 2.05) is 0 Å². The van der Waals surface area contributed by atoms with Gasteiger partial charge in [0.15, 0.2) is 0 Å². The third kappa shape index (κ3) is 2.48. The predicted octanol–water partition coefficient (Wildman–Crippen LogP) is 2.03. The Bertz CT molecular complexity index is 437. The molecule has 0 bridgehead atoms. The number of nitrogens with zero attached hydrogens (tertiary/aromatic N) is 1. The summed E-state index contributed by atoms with van der Waals surface area (Å²) in [6, 6.07) is 5.10. The minimum absolute atomic E-state index is 0.0807. The Hall–Kier alpha value is -1.11. The molecule has 1 aromatic rings. The van der Waals surface area contributed by atoms with Crippen molar-refractivity contribution in [1.29, 1.82) is 0 Å². The van der Waals surface area contributed by atoms with Crippen LogP contribution in [0.25, 0.3) is 0 Å². The normalized spacial score (nSPS) is 31.7. The Morgan fingerprint density at radius 3 is 2.63 bits per heavy atom. The zero-order valence-corrected chi connectivity index (χ0v) is 10.3. The molecule has 2 saturated heterocycles. The van der Waals surface area contributed by atoms with E-state index in [1.165, 1.54) is 12.1 Å². The van der Waals surface area contributed by atoms with Crippen molar-refractivity contribution in [3.63, 3.8) is 0 Å². The van der Waals surface area contributed by atoms with Gasteiger partial charge >= 0.3 is 0 Å². The number of fused-ring (bicyclic) bond motifs is 1. The van der Waals surface area contributed by atoms with Crippen LogP contribution in [-0.2, 0) is 0 Å². The van der Waals surface area contributed by atoms with Crippen molar-refractivity contribution in [2.45, 2.75) is 37.5 Å². The van der Waals surface area contributed by atoms with Gasteiger partial charge in [0.05, 0.1) is 12.2 Å². The van der Waals surface area contributed by atoms with Gasteiger partial charge in [-0.1, -0.05) is 12.1 Å². The summed E-state index contributed by atoms with van der Waals surface area (Å²) in [5.41, 5.74) is 3.86. The second-order valence-electron chi connectivity index (χ2n) is 5.03. The topological polar surface area (TPSA) is 27.3 Å². The SMILES string of the molecule is Fc1ccc(C2CC(C(F)F)N3NCCC3N2)cc1. The molecule has 3 unspecified atom stereocenters. The van der Waals surface area contributed by atoms with E-state index in [2.05, 4.69) is 10.7 Å². The first-order valence-corrected chi connectivity index (χ1v) is 6.46. The van der Waals surface area contributed by atoms with Crippen molar-refractivity contribution < 1.29 is 13.2 Å². The van der Waals surface area contributed by atoms with Gasteiger partial charge in [0.2, 0.25) is 0 Å². The van der Waals surface area contributed by atoms with E-state index in [4.69, 9.17) is 0 Å². The number of hydrogen-bond donors (Lipinski definition) is 2. The van der Waals surface area contributed by atoms with Crippen LogP contribution in [0.1, 0.15) is 24.4 Å². The monoisotopic (exact) mass is 271 g/mol. The minimum atomic E-state index is -2.39. The molecule has 2 aliphatic heterocycles. The summed E-state index contributed by atoms with van der Waals surface area (Å²) in [5, 5.41) is 4.97. The minimum Gasteiger partial charge on any atom is -0.294 e. The number of alkyl halides is 2. The molecule has 19 heavy (non-hydrogen) atoms. The van der Waals surface area contributed by atoms with Gasteiger partial charge in [-0.2, -0.15) is 0 Å². The second kappa shape index (κ2) is 5.11. The lowest BCUT2D eigenvalue weighted by Gasteiger charge is -2.41. The lowest BCUT2D eigenvalue weighted by molar-refractivity contribution is -0.0478. The lowest BCUT2D eigenvalue weighted by atomic mass is 9.95. The number of hydrazine groups is 1. The molecule has 2 fully saturated rings. The molecule has 0 spiro atoms. The molecule has 0 aliphatic carbocycles. The Morgan fingerprint density at radius 1 is 1.21 bits per heavy atom. The largest absolute Gasteiger partial charge is 0.294 e. The van der Waals surface area contributed by atoms with Crippen molar-refractivity contribution in [2.75, 3.05) is 6.54 Å². The Labute approximate surface area is 109 Å². The molecule has 0 saturated carbocycles. The first-order chi connectivity index (χ1) is 9.15. The maximum Gasteiger partial charge on any atom is 0.255 e.